The Bertz CT molecular complexity index is 776. The van der Waals surface area contributed by atoms with Crippen LogP contribution in [0.4, 0.5) is 13.2 Å². The number of hydrogen-bond acceptors (Lipinski definition) is 6. The predicted molar refractivity (Wildman–Crippen MR) is 120 cm³/mol. The highest BCUT2D eigenvalue weighted by molar-refractivity contribution is 7.32. The first-order valence-corrected chi connectivity index (χ1v) is 12.6. The summed E-state index contributed by atoms with van der Waals surface area (Å²) in [7, 11) is -2.82. The van der Waals surface area contributed by atoms with E-state index < -0.39 is 44.1 Å². The van der Waals surface area contributed by atoms with Crippen molar-refractivity contribution in [2.45, 2.75) is 103 Å². The molecule has 0 bridgehead atoms. The fourth-order valence-electron chi connectivity index (χ4n) is 4.32. The molecule has 35 heavy (non-hydrogen) atoms. The van der Waals surface area contributed by atoms with Gasteiger partial charge in [0.1, 0.15) is 6.04 Å². The van der Waals surface area contributed by atoms with Crippen molar-refractivity contribution in [3.8, 4) is 0 Å². The molecule has 1 unspecified atom stereocenters. The maximum Gasteiger partial charge on any atom is 0.696 e. The van der Waals surface area contributed by atoms with Crippen molar-refractivity contribution < 1.29 is 46.6 Å². The van der Waals surface area contributed by atoms with Crippen molar-refractivity contribution in [3.05, 3.63) is 0 Å². The highest BCUT2D eigenvalue weighted by Crippen LogP contribution is 2.41. The number of nitrogens with two attached hydrogens (primary N) is 1. The minimum absolute atomic E-state index is 0.0328. The van der Waals surface area contributed by atoms with Crippen LogP contribution in [-0.4, -0.2) is 63.2 Å². The van der Waals surface area contributed by atoms with Gasteiger partial charge in [-0.3, -0.25) is 9.59 Å². The lowest BCUT2D eigenvalue weighted by molar-refractivity contribution is -0.192. The van der Waals surface area contributed by atoms with Crippen LogP contribution in [0.15, 0.2) is 0 Å². The molecule has 0 aromatic carbocycles. The van der Waals surface area contributed by atoms with E-state index in [1.807, 2.05) is 27.7 Å². The van der Waals surface area contributed by atoms with Crippen molar-refractivity contribution in [2.24, 2.45) is 17.1 Å². The van der Waals surface area contributed by atoms with Crippen LogP contribution in [-0.2, 0) is 23.5 Å². The van der Waals surface area contributed by atoms with E-state index in [2.05, 4.69) is 5.32 Å². The largest absolute Gasteiger partial charge is 0.696 e. The van der Waals surface area contributed by atoms with E-state index in [9.17, 15) is 27.3 Å². The van der Waals surface area contributed by atoms with Crippen molar-refractivity contribution in [1.29, 1.82) is 0 Å². The summed E-state index contributed by atoms with van der Waals surface area (Å²) in [5, 5.41) is 9.85. The van der Waals surface area contributed by atoms with Crippen LogP contribution in [0.2, 0.25) is 0 Å². The Hall–Kier alpha value is -1.82. The molecule has 1 saturated carbocycles. The Balaban J connectivity index is 0.000000762. The number of carbonyl (C=O) groups excluding carboxylic acids is 2. The zero-order valence-corrected chi connectivity index (χ0v) is 21.3. The van der Waals surface area contributed by atoms with Crippen molar-refractivity contribution in [1.82, 2.24) is 10.2 Å². The second-order valence-corrected chi connectivity index (χ2v) is 10.6. The lowest BCUT2D eigenvalue weighted by atomic mass is 9.83. The Morgan fingerprint density at radius 1 is 1.20 bits per heavy atom. The molecule has 1 saturated heterocycles. The van der Waals surface area contributed by atoms with Crippen LogP contribution in [0.25, 0.3) is 0 Å². The van der Waals surface area contributed by atoms with E-state index in [1.54, 1.807) is 4.90 Å². The second kappa shape index (κ2) is 12.9. The Kier molecular flexibility index (Phi) is 11.5. The van der Waals surface area contributed by atoms with Gasteiger partial charge < -0.3 is 21.1 Å². The lowest BCUT2D eigenvalue weighted by Crippen LogP contribution is -2.58. The number of halogens is 3. The third-order valence-corrected chi connectivity index (χ3v) is 6.59. The fourth-order valence-corrected chi connectivity index (χ4v) is 4.70. The Labute approximate surface area is 203 Å². The molecule has 202 valence electrons. The average Bonchev–Trinajstić information content (AvgIpc) is 3.11. The molecule has 5 N–H and O–H groups in total. The van der Waals surface area contributed by atoms with E-state index in [0.29, 0.717) is 25.2 Å². The summed E-state index contributed by atoms with van der Waals surface area (Å²) < 4.78 is 47.7. The first kappa shape index (κ1) is 31.2. The molecule has 2 fully saturated rings. The summed E-state index contributed by atoms with van der Waals surface area (Å²) in [5.74, 6) is -2.99. The number of fused-ring (bicyclic) bond motifs is 1. The summed E-state index contributed by atoms with van der Waals surface area (Å²) >= 11 is 0. The van der Waals surface area contributed by atoms with Gasteiger partial charge >= 0.3 is 20.4 Å². The maximum absolute atomic E-state index is 13.3. The van der Waals surface area contributed by atoms with Crippen LogP contribution in [0.1, 0.15) is 72.6 Å². The molecule has 14 heteroatoms. The first-order valence-electron chi connectivity index (χ1n) is 11.5. The van der Waals surface area contributed by atoms with Gasteiger partial charge in [0.15, 0.2) is 6.23 Å². The number of aliphatic carboxylic acids is 1. The number of hydrogen-bond donors (Lipinski definition) is 4. The molecule has 1 aliphatic carbocycles. The molecular weight excluding hydrogens is 494 g/mol. The minimum Gasteiger partial charge on any atom is -0.475 e. The zero-order valence-electron chi connectivity index (χ0n) is 20.4. The van der Waals surface area contributed by atoms with E-state index in [1.165, 1.54) is 0 Å². The average molecular weight is 531 g/mol. The number of alkyl halides is 3. The summed E-state index contributed by atoms with van der Waals surface area (Å²) in [4.78, 5) is 45.9. The SMILES string of the molecule is CCC[C@H](NC(=O)[C@@H]1C[C@@H]2CCCC[C@@H]2N1C(=O)[C@@H](N)C(C)(C)C)O[P+](=O)O.O=C(O)C(F)(F)F. The molecule has 0 aromatic rings. The molecule has 10 nitrogen and oxygen atoms in total. The highest BCUT2D eigenvalue weighted by Gasteiger charge is 2.50. The van der Waals surface area contributed by atoms with Crippen LogP contribution >= 0.6 is 8.25 Å². The molecule has 1 heterocycles. The zero-order chi connectivity index (χ0) is 27.1. The number of amides is 2. The summed E-state index contributed by atoms with van der Waals surface area (Å²) in [6.45, 7) is 7.65. The predicted octanol–water partition coefficient (Wildman–Crippen LogP) is 3.06. The van der Waals surface area contributed by atoms with Crippen LogP contribution < -0.4 is 11.1 Å². The van der Waals surface area contributed by atoms with Gasteiger partial charge in [-0.25, -0.2) is 4.79 Å². The molecule has 6 atom stereocenters. The Morgan fingerprint density at radius 3 is 2.20 bits per heavy atom. The fraction of sp³-hybridized carbons (Fsp3) is 0.857. The highest BCUT2D eigenvalue weighted by atomic mass is 31.1. The van der Waals surface area contributed by atoms with E-state index in [-0.39, 0.29) is 17.9 Å². The normalized spacial score (nSPS) is 24.4. The molecule has 0 radical (unpaired) electrons. The van der Waals surface area contributed by atoms with Crippen LogP contribution in [0.3, 0.4) is 0 Å². The van der Waals surface area contributed by atoms with Gasteiger partial charge in [0.05, 0.1) is 6.04 Å². The summed E-state index contributed by atoms with van der Waals surface area (Å²) in [6, 6.07) is -1.28. The summed E-state index contributed by atoms with van der Waals surface area (Å²) in [5.41, 5.74) is 5.85. The molecule has 0 aromatic heterocycles. The van der Waals surface area contributed by atoms with Gasteiger partial charge in [0.2, 0.25) is 11.8 Å². The lowest BCUT2D eigenvalue weighted by Gasteiger charge is -2.38. The molecule has 0 spiro atoms. The van der Waals surface area contributed by atoms with Crippen molar-refractivity contribution in [2.75, 3.05) is 0 Å². The minimum atomic E-state index is -5.08. The van der Waals surface area contributed by atoms with Crippen molar-refractivity contribution in [3.63, 3.8) is 0 Å². The van der Waals surface area contributed by atoms with Gasteiger partial charge in [-0.2, -0.15) is 13.2 Å². The third-order valence-electron chi connectivity index (χ3n) is 6.16. The Morgan fingerprint density at radius 2 is 1.74 bits per heavy atom. The molecule has 2 amide bonds. The quantitative estimate of drug-likeness (QED) is 0.289. The van der Waals surface area contributed by atoms with Crippen LogP contribution in [0, 0.1) is 11.3 Å². The number of carboxylic acids is 1. The monoisotopic (exact) mass is 530 g/mol. The van der Waals surface area contributed by atoms with Crippen molar-refractivity contribution >= 4 is 26.0 Å². The van der Waals surface area contributed by atoms with E-state index in [0.717, 1.165) is 25.7 Å². The second-order valence-electron chi connectivity index (χ2n) is 9.88. The maximum atomic E-state index is 13.3. The number of carbonyl (C=O) groups is 3. The summed E-state index contributed by atoms with van der Waals surface area (Å²) in [6.07, 6.45) is -0.199. The molecule has 1 aliphatic heterocycles. The number of rotatable bonds is 7. The standard InChI is InChI=1S/C19H34N3O5P.C2HF3O2/c1-5-8-15(27-28(25)26)21-17(23)14-11-12-9-6-7-10-13(12)22(14)18(24)16(20)19(2,3)4;3-2(4,5)1(6)7/h12-16H,5-11,20H2,1-4H3,(H-,21,23,25,26);(H,6,7)/p+1/t12-,13-,14-,15+,16+;/m0./s1. The molecule has 2 aliphatic rings. The van der Waals surface area contributed by atoms with Gasteiger partial charge in [-0.1, -0.05) is 51.5 Å². The molecule has 2 rings (SSSR count). The smallest absolute Gasteiger partial charge is 0.475 e. The number of nitrogens with one attached hydrogen (secondary N) is 1. The first-order chi connectivity index (χ1) is 16.0. The van der Waals surface area contributed by atoms with Gasteiger partial charge in [-0.05, 0) is 37.0 Å². The number of likely N-dealkylation sites (tertiary alicyclic amines) is 1. The van der Waals surface area contributed by atoms with Gasteiger partial charge in [0.25, 0.3) is 0 Å². The third kappa shape index (κ3) is 9.29. The molecular formula is C21H36F3N3O7P+. The van der Waals surface area contributed by atoms with Gasteiger partial charge in [0, 0.05) is 10.6 Å². The topological polar surface area (TPSA) is 159 Å². The van der Waals surface area contributed by atoms with E-state index >= 15 is 0 Å². The van der Waals surface area contributed by atoms with Gasteiger partial charge in [-0.15, -0.1) is 4.89 Å². The number of nitrogens with zero attached hydrogens (tertiary/aromatic N) is 1. The number of carboxylic acid groups (broad SMARTS) is 1. The van der Waals surface area contributed by atoms with E-state index in [4.69, 9.17) is 25.1 Å². The van der Waals surface area contributed by atoms with Crippen LogP contribution in [0.5, 0.6) is 0 Å².